The number of amides is 1. The van der Waals surface area contributed by atoms with Gasteiger partial charge in [-0.2, -0.15) is 0 Å². The summed E-state index contributed by atoms with van der Waals surface area (Å²) in [6.07, 6.45) is 3.12. The molecule has 2 aromatic heterocycles. The molecule has 1 aliphatic rings. The highest BCUT2D eigenvalue weighted by atomic mass is 32.1. The molecule has 0 radical (unpaired) electrons. The van der Waals surface area contributed by atoms with Crippen LogP contribution in [0.25, 0.3) is 0 Å². The van der Waals surface area contributed by atoms with Gasteiger partial charge in [0.2, 0.25) is 0 Å². The molecule has 4 rings (SSSR count). The third kappa shape index (κ3) is 4.11. The van der Waals surface area contributed by atoms with E-state index in [0.717, 1.165) is 10.6 Å². The number of fused-ring (bicyclic) bond motifs is 1. The fourth-order valence-electron chi connectivity index (χ4n) is 4.41. The highest BCUT2D eigenvalue weighted by molar-refractivity contribution is 7.09. The fourth-order valence-corrected chi connectivity index (χ4v) is 5.05. The van der Waals surface area contributed by atoms with E-state index < -0.39 is 0 Å². The molecule has 0 unspecified atom stereocenters. The highest BCUT2D eigenvalue weighted by Gasteiger charge is 2.37. The molecule has 30 heavy (non-hydrogen) atoms. The minimum Gasteiger partial charge on any atom is -0.456 e. The van der Waals surface area contributed by atoms with Crippen molar-refractivity contribution in [2.24, 2.45) is 0 Å². The van der Waals surface area contributed by atoms with E-state index in [1.54, 1.807) is 17.4 Å². The van der Waals surface area contributed by atoms with Crippen LogP contribution in [0, 0.1) is 6.92 Å². The fraction of sp³-hybridized carbons (Fsp3) is 0.423. The van der Waals surface area contributed by atoms with E-state index in [4.69, 9.17) is 4.42 Å². The van der Waals surface area contributed by atoms with Crippen molar-refractivity contribution in [2.45, 2.75) is 71.3 Å². The van der Waals surface area contributed by atoms with E-state index >= 15 is 0 Å². The minimum absolute atomic E-state index is 0.167. The van der Waals surface area contributed by atoms with E-state index in [2.05, 4.69) is 52.1 Å². The SMILES string of the molecule is Cc1cc2c(cc1Cc1ccc(C(=O)NCc3cccs3)o1)C(C)(C)CCC2(C)C. The predicted octanol–water partition coefficient (Wildman–Crippen LogP) is 6.52. The van der Waals surface area contributed by atoms with Crippen LogP contribution in [-0.2, 0) is 23.8 Å². The molecule has 4 heteroatoms. The van der Waals surface area contributed by atoms with Gasteiger partial charge in [0.15, 0.2) is 5.76 Å². The Morgan fingerprint density at radius 1 is 1.07 bits per heavy atom. The molecule has 3 aromatic rings. The summed E-state index contributed by atoms with van der Waals surface area (Å²) in [5.41, 5.74) is 5.91. The lowest BCUT2D eigenvalue weighted by Gasteiger charge is -2.42. The lowest BCUT2D eigenvalue weighted by atomic mass is 9.62. The second-order valence-electron chi connectivity index (χ2n) is 9.80. The Morgan fingerprint density at radius 2 is 1.77 bits per heavy atom. The zero-order valence-electron chi connectivity index (χ0n) is 18.6. The monoisotopic (exact) mass is 421 g/mol. The number of furan rings is 1. The molecule has 158 valence electrons. The van der Waals surface area contributed by atoms with E-state index in [0.29, 0.717) is 18.7 Å². The molecule has 0 atom stereocenters. The first-order valence-corrected chi connectivity index (χ1v) is 11.6. The van der Waals surface area contributed by atoms with Crippen molar-refractivity contribution in [1.82, 2.24) is 5.32 Å². The van der Waals surface area contributed by atoms with Gasteiger partial charge < -0.3 is 9.73 Å². The zero-order chi connectivity index (χ0) is 21.5. The highest BCUT2D eigenvalue weighted by Crippen LogP contribution is 2.46. The van der Waals surface area contributed by atoms with Crippen LogP contribution in [0.4, 0.5) is 0 Å². The Hall–Kier alpha value is -2.33. The lowest BCUT2D eigenvalue weighted by Crippen LogP contribution is -2.34. The van der Waals surface area contributed by atoms with Crippen LogP contribution in [0.2, 0.25) is 0 Å². The Kier molecular flexibility index (Phi) is 5.39. The van der Waals surface area contributed by atoms with E-state index in [1.807, 2.05) is 23.6 Å². The molecule has 1 aromatic carbocycles. The van der Waals surface area contributed by atoms with Crippen molar-refractivity contribution in [2.75, 3.05) is 0 Å². The lowest BCUT2D eigenvalue weighted by molar-refractivity contribution is 0.0922. The Morgan fingerprint density at radius 3 is 2.43 bits per heavy atom. The number of benzene rings is 1. The number of thiophene rings is 1. The molecule has 0 fully saturated rings. The summed E-state index contributed by atoms with van der Waals surface area (Å²) >= 11 is 1.63. The third-order valence-corrected chi connectivity index (χ3v) is 7.44. The van der Waals surface area contributed by atoms with E-state index in [1.165, 1.54) is 35.1 Å². The van der Waals surface area contributed by atoms with Crippen molar-refractivity contribution < 1.29 is 9.21 Å². The average molecular weight is 422 g/mol. The number of carbonyl (C=O) groups excluding carboxylic acids is 1. The maximum absolute atomic E-state index is 12.4. The Bertz CT molecular complexity index is 1060. The maximum Gasteiger partial charge on any atom is 0.287 e. The molecule has 1 aliphatic carbocycles. The van der Waals surface area contributed by atoms with Crippen molar-refractivity contribution in [3.8, 4) is 0 Å². The Balaban J connectivity index is 1.53. The second-order valence-corrected chi connectivity index (χ2v) is 10.8. The van der Waals surface area contributed by atoms with Gasteiger partial charge in [0, 0.05) is 11.3 Å². The summed E-state index contributed by atoms with van der Waals surface area (Å²) in [5.74, 6) is 1.03. The Labute approximate surface area is 183 Å². The molecule has 1 N–H and O–H groups in total. The minimum atomic E-state index is -0.167. The van der Waals surface area contributed by atoms with Gasteiger partial charge >= 0.3 is 0 Å². The third-order valence-electron chi connectivity index (χ3n) is 6.56. The number of carbonyl (C=O) groups is 1. The molecule has 0 saturated carbocycles. The van der Waals surface area contributed by atoms with E-state index in [-0.39, 0.29) is 16.7 Å². The topological polar surface area (TPSA) is 42.2 Å². The van der Waals surface area contributed by atoms with Crippen LogP contribution in [0.5, 0.6) is 0 Å². The van der Waals surface area contributed by atoms with Crippen LogP contribution in [0.3, 0.4) is 0 Å². The molecular weight excluding hydrogens is 390 g/mol. The van der Waals surface area contributed by atoms with Crippen molar-refractivity contribution in [1.29, 1.82) is 0 Å². The van der Waals surface area contributed by atoms with Gasteiger partial charge in [0.25, 0.3) is 5.91 Å². The number of aryl methyl sites for hydroxylation is 1. The smallest absolute Gasteiger partial charge is 0.287 e. The molecular formula is C26H31NO2S. The van der Waals surface area contributed by atoms with Crippen LogP contribution < -0.4 is 5.32 Å². The van der Waals surface area contributed by atoms with Gasteiger partial charge in [-0.05, 0) is 76.4 Å². The summed E-state index contributed by atoms with van der Waals surface area (Å²) in [6, 6.07) is 12.5. The van der Waals surface area contributed by atoms with Gasteiger partial charge in [0.05, 0.1) is 6.54 Å². The molecule has 0 saturated heterocycles. The van der Waals surface area contributed by atoms with Crippen LogP contribution in [0.15, 0.2) is 46.2 Å². The van der Waals surface area contributed by atoms with Crippen LogP contribution >= 0.6 is 11.3 Å². The van der Waals surface area contributed by atoms with Gasteiger partial charge in [-0.15, -0.1) is 11.3 Å². The van der Waals surface area contributed by atoms with Crippen molar-refractivity contribution in [3.63, 3.8) is 0 Å². The molecule has 1 amide bonds. The van der Waals surface area contributed by atoms with E-state index in [9.17, 15) is 4.79 Å². The summed E-state index contributed by atoms with van der Waals surface area (Å²) in [5, 5.41) is 4.94. The molecule has 0 bridgehead atoms. The first-order chi connectivity index (χ1) is 14.2. The van der Waals surface area contributed by atoms with Crippen LogP contribution in [0.1, 0.15) is 84.0 Å². The number of nitrogens with one attached hydrogen (secondary N) is 1. The standard InChI is InChI=1S/C26H31NO2S/c1-17-13-21-22(26(4,5)11-10-25(21,2)3)15-18(17)14-19-8-9-23(29-19)24(28)27-16-20-7-6-12-30-20/h6-9,12-13,15H,10-11,14,16H2,1-5H3,(H,27,28). The van der Waals surface area contributed by atoms with Gasteiger partial charge in [-0.25, -0.2) is 0 Å². The summed E-state index contributed by atoms with van der Waals surface area (Å²) in [6.45, 7) is 12.1. The normalized spacial score (nSPS) is 16.8. The van der Waals surface area contributed by atoms with Crippen LogP contribution in [-0.4, -0.2) is 5.91 Å². The molecule has 0 aliphatic heterocycles. The second kappa shape index (κ2) is 7.73. The van der Waals surface area contributed by atoms with Crippen molar-refractivity contribution >= 4 is 17.2 Å². The summed E-state index contributed by atoms with van der Waals surface area (Å²) in [4.78, 5) is 13.6. The van der Waals surface area contributed by atoms with Crippen molar-refractivity contribution in [3.05, 3.63) is 80.4 Å². The average Bonchev–Trinajstić information content (AvgIpc) is 3.37. The quantitative estimate of drug-likeness (QED) is 0.509. The summed E-state index contributed by atoms with van der Waals surface area (Å²) in [7, 11) is 0. The molecule has 3 nitrogen and oxygen atoms in total. The number of hydrogen-bond donors (Lipinski definition) is 1. The first-order valence-electron chi connectivity index (χ1n) is 10.7. The predicted molar refractivity (Wildman–Crippen MR) is 123 cm³/mol. The largest absolute Gasteiger partial charge is 0.456 e. The van der Waals surface area contributed by atoms with Gasteiger partial charge in [-0.3, -0.25) is 4.79 Å². The maximum atomic E-state index is 12.4. The summed E-state index contributed by atoms with van der Waals surface area (Å²) < 4.78 is 5.90. The number of rotatable bonds is 5. The zero-order valence-corrected chi connectivity index (χ0v) is 19.4. The number of hydrogen-bond acceptors (Lipinski definition) is 3. The first kappa shape index (κ1) is 20.9. The van der Waals surface area contributed by atoms with Gasteiger partial charge in [0.1, 0.15) is 5.76 Å². The molecule has 2 heterocycles. The van der Waals surface area contributed by atoms with Gasteiger partial charge in [-0.1, -0.05) is 45.9 Å². The molecule has 0 spiro atoms.